The van der Waals surface area contributed by atoms with Crippen molar-refractivity contribution >= 4 is 40.2 Å². The molecule has 6 heteroatoms. The molecule has 0 radical (unpaired) electrons. The van der Waals surface area contributed by atoms with Gasteiger partial charge in [-0.15, -0.1) is 22.7 Å². The number of halogens is 1. The number of fused-ring (bicyclic) bond motifs is 1. The van der Waals surface area contributed by atoms with Gasteiger partial charge in [-0.1, -0.05) is 17.7 Å². The van der Waals surface area contributed by atoms with E-state index >= 15 is 0 Å². The fourth-order valence-corrected chi connectivity index (χ4v) is 5.48. The number of hydrogen-bond donors (Lipinski definition) is 0. The molecule has 2 aromatic heterocycles. The van der Waals surface area contributed by atoms with Gasteiger partial charge in [0, 0.05) is 27.7 Å². The molecule has 0 saturated heterocycles. The van der Waals surface area contributed by atoms with Crippen molar-refractivity contribution in [3.63, 3.8) is 0 Å². The fourth-order valence-electron chi connectivity index (χ4n) is 3.60. The number of aryl methyl sites for hydroxylation is 1. The number of nitrogens with zero attached hydrogens (tertiary/aromatic N) is 1. The van der Waals surface area contributed by atoms with E-state index in [1.807, 2.05) is 30.0 Å². The van der Waals surface area contributed by atoms with Gasteiger partial charge in [0.05, 0.1) is 12.6 Å². The standard InChI is InChI=1S/C22H22ClNO2S2/c1-15-14-16(6-7-18(15)23)26-11-2-5-21(25)24-10-8-19-17(9-13-28-19)22(24)20-4-3-12-27-20/h3-4,6-7,9,12-14,22H,2,5,8,10-11H2,1H3. The average molecular weight is 432 g/mol. The molecule has 1 unspecified atom stereocenters. The molecule has 4 rings (SSSR count). The Bertz CT molecular complexity index is 951. The van der Waals surface area contributed by atoms with Gasteiger partial charge < -0.3 is 9.64 Å². The summed E-state index contributed by atoms with van der Waals surface area (Å²) in [5.74, 6) is 0.998. The Balaban J connectivity index is 1.38. The summed E-state index contributed by atoms with van der Waals surface area (Å²) in [4.78, 5) is 17.7. The summed E-state index contributed by atoms with van der Waals surface area (Å²) in [7, 11) is 0. The first kappa shape index (κ1) is 19.5. The first-order valence-electron chi connectivity index (χ1n) is 9.41. The van der Waals surface area contributed by atoms with Crippen molar-refractivity contribution in [2.24, 2.45) is 0 Å². The second-order valence-corrected chi connectivity index (χ2v) is 9.30. The van der Waals surface area contributed by atoms with E-state index in [1.54, 1.807) is 22.7 Å². The van der Waals surface area contributed by atoms with Gasteiger partial charge in [-0.3, -0.25) is 4.79 Å². The van der Waals surface area contributed by atoms with Gasteiger partial charge in [-0.05, 0) is 72.0 Å². The normalized spacial score (nSPS) is 16.1. The molecule has 1 aliphatic rings. The van der Waals surface area contributed by atoms with Crippen LogP contribution in [0.5, 0.6) is 5.75 Å². The summed E-state index contributed by atoms with van der Waals surface area (Å²) in [6.45, 7) is 3.26. The Labute approximate surface area is 178 Å². The van der Waals surface area contributed by atoms with Gasteiger partial charge in [0.25, 0.3) is 0 Å². The highest BCUT2D eigenvalue weighted by atomic mass is 35.5. The van der Waals surface area contributed by atoms with Crippen LogP contribution in [0, 0.1) is 6.92 Å². The molecular weight excluding hydrogens is 410 g/mol. The maximum atomic E-state index is 13.0. The van der Waals surface area contributed by atoms with Crippen molar-refractivity contribution in [2.75, 3.05) is 13.2 Å². The zero-order valence-electron chi connectivity index (χ0n) is 15.7. The van der Waals surface area contributed by atoms with Crippen LogP contribution in [-0.2, 0) is 11.2 Å². The van der Waals surface area contributed by atoms with E-state index in [-0.39, 0.29) is 11.9 Å². The van der Waals surface area contributed by atoms with Crippen molar-refractivity contribution in [1.29, 1.82) is 0 Å². The predicted molar refractivity (Wildman–Crippen MR) is 117 cm³/mol. The number of rotatable bonds is 6. The van der Waals surface area contributed by atoms with Gasteiger partial charge >= 0.3 is 0 Å². The fraction of sp³-hybridized carbons (Fsp3) is 0.318. The quantitative estimate of drug-likeness (QED) is 0.441. The van der Waals surface area contributed by atoms with Crippen LogP contribution in [0.3, 0.4) is 0 Å². The summed E-state index contributed by atoms with van der Waals surface area (Å²) in [5, 5.41) is 4.96. The third-order valence-corrected chi connectivity index (χ3v) is 7.38. The first-order valence-corrected chi connectivity index (χ1v) is 11.6. The van der Waals surface area contributed by atoms with Crippen LogP contribution >= 0.6 is 34.3 Å². The number of benzene rings is 1. The average Bonchev–Trinajstić information content (AvgIpc) is 3.38. The minimum Gasteiger partial charge on any atom is -0.494 e. The molecule has 0 N–H and O–H groups in total. The third kappa shape index (κ3) is 4.12. The van der Waals surface area contributed by atoms with Crippen LogP contribution in [-0.4, -0.2) is 24.0 Å². The summed E-state index contributed by atoms with van der Waals surface area (Å²) >= 11 is 9.57. The molecule has 1 aromatic carbocycles. The molecule has 3 aromatic rings. The molecule has 3 heterocycles. The van der Waals surface area contributed by atoms with Crippen LogP contribution < -0.4 is 4.74 Å². The second-order valence-electron chi connectivity index (χ2n) is 6.92. The Hall–Kier alpha value is -1.82. The van der Waals surface area contributed by atoms with E-state index in [0.717, 1.165) is 29.3 Å². The van der Waals surface area contributed by atoms with Crippen molar-refractivity contribution in [2.45, 2.75) is 32.2 Å². The lowest BCUT2D eigenvalue weighted by Crippen LogP contribution is -2.39. The molecular formula is C22H22ClNO2S2. The monoisotopic (exact) mass is 431 g/mol. The van der Waals surface area contributed by atoms with E-state index in [4.69, 9.17) is 16.3 Å². The van der Waals surface area contributed by atoms with Gasteiger partial charge in [0.1, 0.15) is 5.75 Å². The number of hydrogen-bond acceptors (Lipinski definition) is 4. The maximum Gasteiger partial charge on any atom is 0.223 e. The highest BCUT2D eigenvalue weighted by Gasteiger charge is 2.32. The number of carbonyl (C=O) groups is 1. The SMILES string of the molecule is Cc1cc(OCCCC(=O)N2CCc3sccc3C2c2cccs2)ccc1Cl. The molecule has 0 saturated carbocycles. The Morgan fingerprint density at radius 1 is 1.25 bits per heavy atom. The first-order chi connectivity index (χ1) is 13.6. The number of amides is 1. The Morgan fingerprint density at radius 2 is 2.14 bits per heavy atom. The summed E-state index contributed by atoms with van der Waals surface area (Å²) in [5.41, 5.74) is 2.29. The summed E-state index contributed by atoms with van der Waals surface area (Å²) in [6, 6.07) is 12.1. The number of thiophene rings is 2. The largest absolute Gasteiger partial charge is 0.494 e. The number of ether oxygens (including phenoxy) is 1. The minimum atomic E-state index is 0.0577. The second kappa shape index (κ2) is 8.68. The van der Waals surface area contributed by atoms with E-state index in [9.17, 15) is 4.79 Å². The van der Waals surface area contributed by atoms with Gasteiger partial charge in [-0.2, -0.15) is 0 Å². The molecule has 0 aliphatic carbocycles. The summed E-state index contributed by atoms with van der Waals surface area (Å²) in [6.07, 6.45) is 2.14. The lowest BCUT2D eigenvalue weighted by atomic mass is 9.98. The van der Waals surface area contributed by atoms with Crippen molar-refractivity contribution < 1.29 is 9.53 Å². The lowest BCUT2D eigenvalue weighted by Gasteiger charge is -2.35. The topological polar surface area (TPSA) is 29.5 Å². The smallest absolute Gasteiger partial charge is 0.223 e. The number of carbonyl (C=O) groups excluding carboxylic acids is 1. The molecule has 28 heavy (non-hydrogen) atoms. The molecule has 0 spiro atoms. The highest BCUT2D eigenvalue weighted by Crippen LogP contribution is 2.39. The van der Waals surface area contributed by atoms with Crippen LogP contribution in [0.4, 0.5) is 0 Å². The van der Waals surface area contributed by atoms with Crippen LogP contribution in [0.1, 0.15) is 39.8 Å². The van der Waals surface area contributed by atoms with Gasteiger partial charge in [0.15, 0.2) is 0 Å². The maximum absolute atomic E-state index is 13.0. The highest BCUT2D eigenvalue weighted by molar-refractivity contribution is 7.10. The summed E-state index contributed by atoms with van der Waals surface area (Å²) < 4.78 is 5.80. The van der Waals surface area contributed by atoms with E-state index < -0.39 is 0 Å². The van der Waals surface area contributed by atoms with E-state index in [2.05, 4.69) is 29.0 Å². The van der Waals surface area contributed by atoms with Crippen LogP contribution in [0.2, 0.25) is 5.02 Å². The van der Waals surface area contributed by atoms with Crippen molar-refractivity contribution in [1.82, 2.24) is 4.90 Å². The molecule has 0 fully saturated rings. The van der Waals surface area contributed by atoms with E-state index in [1.165, 1.54) is 15.3 Å². The zero-order valence-corrected chi connectivity index (χ0v) is 18.1. The zero-order chi connectivity index (χ0) is 19.5. The predicted octanol–water partition coefficient (Wildman–Crippen LogP) is 6.10. The van der Waals surface area contributed by atoms with Crippen LogP contribution in [0.25, 0.3) is 0 Å². The molecule has 1 atom stereocenters. The Kier molecular flexibility index (Phi) is 6.04. The molecule has 1 amide bonds. The van der Waals surface area contributed by atoms with Crippen molar-refractivity contribution in [3.8, 4) is 5.75 Å². The van der Waals surface area contributed by atoms with Gasteiger partial charge in [-0.25, -0.2) is 0 Å². The lowest BCUT2D eigenvalue weighted by molar-refractivity contribution is -0.133. The van der Waals surface area contributed by atoms with Crippen LogP contribution in [0.15, 0.2) is 47.2 Å². The third-order valence-electron chi connectivity index (χ3n) is 5.03. The Morgan fingerprint density at radius 3 is 2.93 bits per heavy atom. The molecule has 0 bridgehead atoms. The van der Waals surface area contributed by atoms with Gasteiger partial charge in [0.2, 0.25) is 5.91 Å². The molecule has 146 valence electrons. The minimum absolute atomic E-state index is 0.0577. The molecule has 1 aliphatic heterocycles. The van der Waals surface area contributed by atoms with E-state index in [0.29, 0.717) is 19.4 Å². The van der Waals surface area contributed by atoms with Crippen molar-refractivity contribution in [3.05, 3.63) is 73.1 Å². The molecule has 3 nitrogen and oxygen atoms in total.